The number of nitrogens with two attached hydrogens (primary N) is 1. The van der Waals surface area contributed by atoms with Crippen molar-refractivity contribution in [1.29, 1.82) is 0 Å². The first-order valence-corrected chi connectivity index (χ1v) is 11.2. The van der Waals surface area contributed by atoms with E-state index in [0.717, 1.165) is 29.7 Å². The molecule has 2 atom stereocenters. The highest BCUT2D eigenvalue weighted by atomic mass is 32.2. The Morgan fingerprint density at radius 3 is 2.42 bits per heavy atom. The Labute approximate surface area is 180 Å². The molecule has 0 aliphatic rings. The normalized spacial score (nSPS) is 14.0. The molecule has 1 heterocycles. The lowest BCUT2D eigenvalue weighted by Crippen LogP contribution is -2.39. The molecule has 31 heavy (non-hydrogen) atoms. The zero-order valence-electron chi connectivity index (χ0n) is 17.2. The zero-order chi connectivity index (χ0) is 22.8. The molecule has 2 aromatic carbocycles. The summed E-state index contributed by atoms with van der Waals surface area (Å²) in [6.07, 6.45) is 2.12. The molecule has 0 bridgehead atoms. The number of nitrogens with one attached hydrogen (secondary N) is 1. The molecule has 3 N–H and O–H groups in total. The number of aromatic nitrogens is 1. The fraction of sp³-hybridized carbons (Fsp3) is 0.273. The van der Waals surface area contributed by atoms with Crippen molar-refractivity contribution in [3.05, 3.63) is 66.1 Å². The van der Waals surface area contributed by atoms with Crippen molar-refractivity contribution in [2.24, 2.45) is 11.7 Å². The largest absolute Gasteiger partial charge is 0.320 e. The topological polar surface area (TPSA) is 111 Å². The van der Waals surface area contributed by atoms with E-state index in [1.165, 1.54) is 4.57 Å². The Kier molecular flexibility index (Phi) is 6.68. The van der Waals surface area contributed by atoms with Crippen molar-refractivity contribution in [3.63, 3.8) is 0 Å². The summed E-state index contributed by atoms with van der Waals surface area (Å²) in [5.74, 6) is -0.919. The molecule has 3 aromatic rings. The molecule has 0 aliphatic carbocycles. The van der Waals surface area contributed by atoms with Gasteiger partial charge in [-0.2, -0.15) is 0 Å². The fourth-order valence-electron chi connectivity index (χ4n) is 3.28. The minimum absolute atomic E-state index is 0.0294. The van der Waals surface area contributed by atoms with Crippen LogP contribution in [0.5, 0.6) is 0 Å². The van der Waals surface area contributed by atoms with Crippen molar-refractivity contribution in [2.45, 2.75) is 37.2 Å². The summed E-state index contributed by atoms with van der Waals surface area (Å²) in [6, 6.07) is 9.66. The van der Waals surface area contributed by atoms with Crippen LogP contribution in [0.4, 0.5) is 4.39 Å². The minimum atomic E-state index is -4.04. The number of benzene rings is 2. The van der Waals surface area contributed by atoms with Crippen LogP contribution < -0.4 is 10.5 Å². The maximum Gasteiger partial charge on any atom is 0.248 e. The van der Waals surface area contributed by atoms with Crippen LogP contribution in [-0.2, 0) is 21.2 Å². The van der Waals surface area contributed by atoms with E-state index in [1.54, 1.807) is 30.5 Å². The van der Waals surface area contributed by atoms with Crippen molar-refractivity contribution >= 4 is 33.1 Å². The third-order valence-corrected chi connectivity index (χ3v) is 6.58. The van der Waals surface area contributed by atoms with Crippen molar-refractivity contribution in [2.75, 3.05) is 0 Å². The molecule has 0 saturated heterocycles. The zero-order valence-corrected chi connectivity index (χ0v) is 18.0. The van der Waals surface area contributed by atoms with Gasteiger partial charge in [-0.25, -0.2) is 17.5 Å². The van der Waals surface area contributed by atoms with Crippen molar-refractivity contribution < 1.29 is 22.4 Å². The maximum atomic E-state index is 13.1. The van der Waals surface area contributed by atoms with E-state index in [4.69, 9.17) is 5.73 Å². The number of fused-ring (bicyclic) bond motifs is 1. The molecule has 0 amide bonds. The molecule has 7 nitrogen and oxygen atoms in total. The fourth-order valence-corrected chi connectivity index (χ4v) is 4.44. The Morgan fingerprint density at radius 2 is 1.81 bits per heavy atom. The Balaban J connectivity index is 1.92. The van der Waals surface area contributed by atoms with E-state index in [1.807, 2.05) is 13.8 Å². The smallest absolute Gasteiger partial charge is 0.248 e. The van der Waals surface area contributed by atoms with Gasteiger partial charge in [0.05, 0.1) is 22.5 Å². The predicted molar refractivity (Wildman–Crippen MR) is 116 cm³/mol. The van der Waals surface area contributed by atoms with Crippen molar-refractivity contribution in [3.8, 4) is 0 Å². The van der Waals surface area contributed by atoms with E-state index in [-0.39, 0.29) is 23.1 Å². The second-order valence-electron chi connectivity index (χ2n) is 7.67. The van der Waals surface area contributed by atoms with Crippen LogP contribution in [0.3, 0.4) is 0 Å². The summed E-state index contributed by atoms with van der Waals surface area (Å²) in [4.78, 5) is 24.4. The van der Waals surface area contributed by atoms with Crippen LogP contribution in [0.25, 0.3) is 10.9 Å². The Hall–Kier alpha value is -2.88. The molecule has 164 valence electrons. The van der Waals surface area contributed by atoms with Gasteiger partial charge in [-0.15, -0.1) is 0 Å². The van der Waals surface area contributed by atoms with Gasteiger partial charge in [0, 0.05) is 11.6 Å². The maximum absolute atomic E-state index is 13.1. The lowest BCUT2D eigenvalue weighted by atomic mass is 10.0. The summed E-state index contributed by atoms with van der Waals surface area (Å²) >= 11 is 0. The van der Waals surface area contributed by atoms with Gasteiger partial charge >= 0.3 is 0 Å². The van der Waals surface area contributed by atoms with Crippen LogP contribution in [0.2, 0.25) is 0 Å². The number of carbonyl (C=O) groups is 2. The SMILES string of the molecule is CC(C)[C@H](N)C(=O)n1cc(C[C@@H](C=O)NS(=O)(=O)c2ccc(F)cc2)c2ccccc21. The molecule has 0 spiro atoms. The molecule has 0 aliphatic heterocycles. The van der Waals surface area contributed by atoms with Gasteiger partial charge in [-0.1, -0.05) is 32.0 Å². The highest BCUT2D eigenvalue weighted by Crippen LogP contribution is 2.24. The van der Waals surface area contributed by atoms with E-state index >= 15 is 0 Å². The molecular weight excluding hydrogens is 421 g/mol. The van der Waals surface area contributed by atoms with Gasteiger partial charge < -0.3 is 10.5 Å². The van der Waals surface area contributed by atoms with E-state index in [9.17, 15) is 22.4 Å². The molecule has 0 fully saturated rings. The second-order valence-corrected chi connectivity index (χ2v) is 9.39. The number of halogens is 1. The third kappa shape index (κ3) is 4.90. The summed E-state index contributed by atoms with van der Waals surface area (Å²) in [6.45, 7) is 3.70. The summed E-state index contributed by atoms with van der Waals surface area (Å²) in [5.41, 5.74) is 7.29. The highest BCUT2D eigenvalue weighted by molar-refractivity contribution is 7.89. The number of rotatable bonds is 8. The number of hydrogen-bond acceptors (Lipinski definition) is 5. The highest BCUT2D eigenvalue weighted by Gasteiger charge is 2.25. The van der Waals surface area contributed by atoms with Gasteiger partial charge in [0.15, 0.2) is 0 Å². The van der Waals surface area contributed by atoms with Gasteiger partial charge in [0.1, 0.15) is 12.1 Å². The van der Waals surface area contributed by atoms with Crippen LogP contribution in [0.15, 0.2) is 59.6 Å². The van der Waals surface area contributed by atoms with E-state index < -0.39 is 27.9 Å². The van der Waals surface area contributed by atoms with Gasteiger partial charge in [0.2, 0.25) is 15.9 Å². The number of para-hydroxylation sites is 1. The quantitative estimate of drug-likeness (QED) is 0.518. The molecule has 9 heteroatoms. The van der Waals surface area contributed by atoms with Crippen LogP contribution in [0, 0.1) is 11.7 Å². The second kappa shape index (κ2) is 9.09. The molecule has 3 rings (SSSR count). The predicted octanol–water partition coefficient (Wildman–Crippen LogP) is 2.49. The average molecular weight is 446 g/mol. The lowest BCUT2D eigenvalue weighted by Gasteiger charge is -2.15. The summed E-state index contributed by atoms with van der Waals surface area (Å²) in [5, 5.41) is 0.722. The van der Waals surface area contributed by atoms with Gasteiger partial charge in [-0.05, 0) is 48.2 Å². The summed E-state index contributed by atoms with van der Waals surface area (Å²) < 4.78 is 42.0. The number of nitrogens with zero attached hydrogens (tertiary/aromatic N) is 1. The number of hydrogen-bond donors (Lipinski definition) is 2. The number of aldehydes is 1. The number of sulfonamides is 1. The van der Waals surface area contributed by atoms with E-state index in [0.29, 0.717) is 17.4 Å². The molecular formula is C22H24FN3O4S. The Morgan fingerprint density at radius 1 is 1.16 bits per heavy atom. The molecule has 1 aromatic heterocycles. The molecule has 0 unspecified atom stereocenters. The lowest BCUT2D eigenvalue weighted by molar-refractivity contribution is -0.109. The molecule has 0 radical (unpaired) electrons. The first kappa shape index (κ1) is 22.8. The Bertz CT molecular complexity index is 1200. The van der Waals surface area contributed by atoms with Crippen LogP contribution >= 0.6 is 0 Å². The summed E-state index contributed by atoms with van der Waals surface area (Å²) in [7, 11) is -4.04. The van der Waals surface area contributed by atoms with Crippen molar-refractivity contribution in [1.82, 2.24) is 9.29 Å². The van der Waals surface area contributed by atoms with Gasteiger partial charge in [-0.3, -0.25) is 9.36 Å². The standard InChI is InChI=1S/C22H24FN3O4S/c1-14(2)21(24)22(28)26-12-15(19-5-3-4-6-20(19)26)11-17(13-27)25-31(29,30)18-9-7-16(23)8-10-18/h3-10,12-14,17,21,25H,11,24H2,1-2H3/t17-,21-/m0/s1. The third-order valence-electron chi connectivity index (χ3n) is 5.07. The monoisotopic (exact) mass is 445 g/mol. The van der Waals surface area contributed by atoms with Crippen LogP contribution in [0.1, 0.15) is 24.2 Å². The average Bonchev–Trinajstić information content (AvgIpc) is 3.10. The first-order chi connectivity index (χ1) is 14.6. The van der Waals surface area contributed by atoms with Gasteiger partial charge in [0.25, 0.3) is 0 Å². The van der Waals surface area contributed by atoms with Crippen LogP contribution in [-0.4, -0.2) is 37.3 Å². The first-order valence-electron chi connectivity index (χ1n) is 9.76. The number of carbonyl (C=O) groups excluding carboxylic acids is 2. The molecule has 0 saturated carbocycles. The minimum Gasteiger partial charge on any atom is -0.320 e. The van der Waals surface area contributed by atoms with E-state index in [2.05, 4.69) is 4.72 Å².